The van der Waals surface area contributed by atoms with Gasteiger partial charge in [0.15, 0.2) is 5.79 Å². The first-order chi connectivity index (χ1) is 9.48. The molecule has 0 amide bonds. The lowest BCUT2D eigenvalue weighted by atomic mass is 10.0. The standard InChI is InChI=1S/C14H14Cl2O4/c1-14(19-6-7-20-14)10(13(17)18-2)8-9-4-3-5-11(15)12(9)16/h3-5,8H,6-7H2,1-2H3/b10-8-. The predicted molar refractivity (Wildman–Crippen MR) is 76.8 cm³/mol. The van der Waals surface area contributed by atoms with Gasteiger partial charge in [0.05, 0.1) is 35.9 Å². The van der Waals surface area contributed by atoms with Crippen molar-refractivity contribution in [2.24, 2.45) is 0 Å². The summed E-state index contributed by atoms with van der Waals surface area (Å²) in [5.74, 6) is -1.68. The van der Waals surface area contributed by atoms with Crippen LogP contribution in [-0.4, -0.2) is 32.1 Å². The van der Waals surface area contributed by atoms with Crippen molar-refractivity contribution >= 4 is 35.2 Å². The van der Waals surface area contributed by atoms with Crippen LogP contribution in [0.3, 0.4) is 0 Å². The second kappa shape index (κ2) is 6.14. The van der Waals surface area contributed by atoms with E-state index in [9.17, 15) is 4.79 Å². The molecule has 2 rings (SSSR count). The van der Waals surface area contributed by atoms with E-state index in [1.165, 1.54) is 7.11 Å². The molecule has 6 heteroatoms. The SMILES string of the molecule is COC(=O)/C(=C/c1cccc(Cl)c1Cl)C1(C)OCCO1. The number of halogens is 2. The lowest BCUT2D eigenvalue weighted by molar-refractivity contribution is -0.150. The third-order valence-corrected chi connectivity index (χ3v) is 3.85. The van der Waals surface area contributed by atoms with Crippen LogP contribution in [0.5, 0.6) is 0 Å². The number of esters is 1. The summed E-state index contributed by atoms with van der Waals surface area (Å²) in [6, 6.07) is 5.16. The van der Waals surface area contributed by atoms with Crippen LogP contribution in [0.2, 0.25) is 10.0 Å². The van der Waals surface area contributed by atoms with Gasteiger partial charge in [0.1, 0.15) is 0 Å². The first kappa shape index (κ1) is 15.3. The zero-order valence-electron chi connectivity index (χ0n) is 11.1. The average Bonchev–Trinajstić information content (AvgIpc) is 2.87. The van der Waals surface area contributed by atoms with E-state index >= 15 is 0 Å². The summed E-state index contributed by atoms with van der Waals surface area (Å²) >= 11 is 12.1. The van der Waals surface area contributed by atoms with E-state index in [-0.39, 0.29) is 5.57 Å². The van der Waals surface area contributed by atoms with Crippen molar-refractivity contribution in [2.75, 3.05) is 20.3 Å². The predicted octanol–water partition coefficient (Wildman–Crippen LogP) is 3.31. The zero-order valence-corrected chi connectivity index (χ0v) is 12.6. The molecule has 20 heavy (non-hydrogen) atoms. The van der Waals surface area contributed by atoms with Gasteiger partial charge in [-0.1, -0.05) is 35.3 Å². The number of methoxy groups -OCH3 is 1. The molecule has 1 aromatic carbocycles. The highest BCUT2D eigenvalue weighted by Gasteiger charge is 2.40. The number of ether oxygens (including phenoxy) is 3. The minimum atomic E-state index is -1.14. The van der Waals surface area contributed by atoms with Crippen LogP contribution in [0.25, 0.3) is 6.08 Å². The molecule has 0 bridgehead atoms. The Balaban J connectivity index is 2.48. The summed E-state index contributed by atoms with van der Waals surface area (Å²) in [6.07, 6.45) is 1.57. The van der Waals surface area contributed by atoms with Gasteiger partial charge in [-0.25, -0.2) is 4.79 Å². The molecule has 1 aliphatic heterocycles. The van der Waals surface area contributed by atoms with E-state index in [0.29, 0.717) is 28.8 Å². The van der Waals surface area contributed by atoms with Gasteiger partial charge in [-0.2, -0.15) is 0 Å². The number of hydrogen-bond donors (Lipinski definition) is 0. The summed E-state index contributed by atoms with van der Waals surface area (Å²) in [4.78, 5) is 12.0. The Bertz CT molecular complexity index is 548. The van der Waals surface area contributed by atoms with Crippen LogP contribution in [0.4, 0.5) is 0 Å². The van der Waals surface area contributed by atoms with Crippen molar-refractivity contribution in [3.8, 4) is 0 Å². The third-order valence-electron chi connectivity index (χ3n) is 3.01. The van der Waals surface area contributed by atoms with Gasteiger partial charge >= 0.3 is 5.97 Å². The number of rotatable bonds is 3. The molecule has 108 valence electrons. The molecule has 0 N–H and O–H groups in total. The smallest absolute Gasteiger partial charge is 0.339 e. The second-order valence-corrected chi connectivity index (χ2v) is 5.12. The summed E-state index contributed by atoms with van der Waals surface area (Å²) < 4.78 is 15.8. The molecule has 0 aliphatic carbocycles. The fourth-order valence-corrected chi connectivity index (χ4v) is 2.31. The minimum Gasteiger partial charge on any atom is -0.466 e. The van der Waals surface area contributed by atoms with E-state index < -0.39 is 11.8 Å². The zero-order chi connectivity index (χ0) is 14.8. The lowest BCUT2D eigenvalue weighted by Gasteiger charge is -2.24. The van der Waals surface area contributed by atoms with Gasteiger partial charge in [-0.3, -0.25) is 0 Å². The highest BCUT2D eigenvalue weighted by molar-refractivity contribution is 6.42. The highest BCUT2D eigenvalue weighted by Crippen LogP contribution is 2.33. The van der Waals surface area contributed by atoms with Crippen molar-refractivity contribution in [1.82, 2.24) is 0 Å². The van der Waals surface area contributed by atoms with E-state index in [1.54, 1.807) is 31.2 Å². The van der Waals surface area contributed by atoms with Crippen molar-refractivity contribution in [3.05, 3.63) is 39.4 Å². The molecule has 0 radical (unpaired) electrons. The minimum absolute atomic E-state index is 0.238. The number of benzene rings is 1. The molecule has 1 heterocycles. The molecule has 0 spiro atoms. The summed E-state index contributed by atoms with van der Waals surface area (Å²) in [5, 5.41) is 0.764. The van der Waals surface area contributed by atoms with E-state index in [2.05, 4.69) is 0 Å². The molecule has 0 unspecified atom stereocenters. The monoisotopic (exact) mass is 316 g/mol. The molecule has 4 nitrogen and oxygen atoms in total. The third kappa shape index (κ3) is 2.99. The molecule has 0 atom stereocenters. The van der Waals surface area contributed by atoms with Crippen LogP contribution >= 0.6 is 23.2 Å². The maximum absolute atomic E-state index is 12.0. The van der Waals surface area contributed by atoms with Gasteiger partial charge in [0.25, 0.3) is 0 Å². The van der Waals surface area contributed by atoms with Crippen LogP contribution in [0.1, 0.15) is 12.5 Å². The Morgan fingerprint density at radius 1 is 1.35 bits per heavy atom. The molecular weight excluding hydrogens is 303 g/mol. The number of carbonyl (C=O) groups excluding carboxylic acids is 1. The molecule has 0 saturated carbocycles. The normalized spacial score (nSPS) is 18.1. The van der Waals surface area contributed by atoms with E-state index in [1.807, 2.05) is 0 Å². The molecule has 0 aromatic heterocycles. The Morgan fingerprint density at radius 3 is 2.60 bits per heavy atom. The van der Waals surface area contributed by atoms with E-state index in [0.717, 1.165) is 0 Å². The van der Waals surface area contributed by atoms with Crippen LogP contribution in [-0.2, 0) is 19.0 Å². The molecule has 1 aromatic rings. The summed E-state index contributed by atoms with van der Waals surface area (Å²) in [6.45, 7) is 2.49. The Labute approximate surface area is 127 Å². The van der Waals surface area contributed by atoms with Crippen LogP contribution in [0, 0.1) is 0 Å². The van der Waals surface area contributed by atoms with Crippen molar-refractivity contribution < 1.29 is 19.0 Å². The Morgan fingerprint density at radius 2 is 2.00 bits per heavy atom. The second-order valence-electron chi connectivity index (χ2n) is 4.34. The van der Waals surface area contributed by atoms with Gasteiger partial charge in [-0.05, 0) is 24.6 Å². The summed E-state index contributed by atoms with van der Waals surface area (Å²) in [7, 11) is 1.30. The Hall–Kier alpha value is -1.07. The fraction of sp³-hybridized carbons (Fsp3) is 0.357. The Kier molecular flexibility index (Phi) is 4.70. The van der Waals surface area contributed by atoms with Gasteiger partial charge in [0, 0.05) is 0 Å². The van der Waals surface area contributed by atoms with Crippen molar-refractivity contribution in [1.29, 1.82) is 0 Å². The molecular formula is C14H14Cl2O4. The fourth-order valence-electron chi connectivity index (χ4n) is 1.94. The first-order valence-corrected chi connectivity index (χ1v) is 6.76. The topological polar surface area (TPSA) is 44.8 Å². The van der Waals surface area contributed by atoms with Gasteiger partial charge in [0.2, 0.25) is 0 Å². The summed E-state index contributed by atoms with van der Waals surface area (Å²) in [5.41, 5.74) is 0.835. The average molecular weight is 317 g/mol. The lowest BCUT2D eigenvalue weighted by Crippen LogP contribution is -2.33. The molecule has 1 fully saturated rings. The largest absolute Gasteiger partial charge is 0.466 e. The molecule has 1 aliphatic rings. The first-order valence-electron chi connectivity index (χ1n) is 6.00. The quantitative estimate of drug-likeness (QED) is 0.634. The van der Waals surface area contributed by atoms with Crippen molar-refractivity contribution in [2.45, 2.75) is 12.7 Å². The van der Waals surface area contributed by atoms with Crippen LogP contribution in [0.15, 0.2) is 23.8 Å². The van der Waals surface area contributed by atoms with Crippen LogP contribution < -0.4 is 0 Å². The van der Waals surface area contributed by atoms with Gasteiger partial charge in [-0.15, -0.1) is 0 Å². The highest BCUT2D eigenvalue weighted by atomic mass is 35.5. The van der Waals surface area contributed by atoms with E-state index in [4.69, 9.17) is 37.4 Å². The molecule has 1 saturated heterocycles. The number of carbonyl (C=O) groups is 1. The maximum atomic E-state index is 12.0. The van der Waals surface area contributed by atoms with Crippen molar-refractivity contribution in [3.63, 3.8) is 0 Å². The van der Waals surface area contributed by atoms with Gasteiger partial charge < -0.3 is 14.2 Å². The number of hydrogen-bond acceptors (Lipinski definition) is 4. The maximum Gasteiger partial charge on any atom is 0.339 e.